The topological polar surface area (TPSA) is 400 Å². The third-order valence-corrected chi connectivity index (χ3v) is 14.9. The molecule has 2 aromatic carbocycles. The summed E-state index contributed by atoms with van der Waals surface area (Å²) in [4.78, 5) is 161. The minimum atomic E-state index is -1.39. The molecule has 16 N–H and O–H groups in total. The first kappa shape index (κ1) is 70.2. The molecule has 1 aliphatic rings. The van der Waals surface area contributed by atoms with Crippen LogP contribution in [0, 0.1) is 23.7 Å². The number of aromatic amines is 2. The van der Waals surface area contributed by atoms with Crippen molar-refractivity contribution in [2.24, 2.45) is 35.1 Å². The molecule has 480 valence electrons. The number of carbonyl (C=O) groups excluding carboxylic acids is 10. The Labute approximate surface area is 514 Å². The van der Waals surface area contributed by atoms with Gasteiger partial charge in [-0.1, -0.05) is 116 Å². The molecule has 10 amide bonds. The lowest BCUT2D eigenvalue weighted by Crippen LogP contribution is -2.62. The van der Waals surface area contributed by atoms with Gasteiger partial charge in [0.25, 0.3) is 0 Å². The van der Waals surface area contributed by atoms with Gasteiger partial charge in [0.1, 0.15) is 60.4 Å². The molecule has 26 heteroatoms. The minimum absolute atomic E-state index is 0.0185. The molecule has 1 fully saturated rings. The molecule has 0 aliphatic carbocycles. The average Bonchev–Trinajstić information content (AvgIpc) is 4.42. The first-order chi connectivity index (χ1) is 42.0. The maximum atomic E-state index is 14.8. The molecule has 0 spiro atoms. The zero-order chi connectivity index (χ0) is 64.5. The Morgan fingerprint density at radius 1 is 0.364 bits per heavy atom. The summed E-state index contributed by atoms with van der Waals surface area (Å²) in [5.74, 6) is -9.30. The van der Waals surface area contributed by atoms with Crippen molar-refractivity contribution in [1.82, 2.24) is 73.1 Å². The first-order valence-corrected chi connectivity index (χ1v) is 30.4. The Hall–Kier alpha value is -8.52. The fraction of sp³-hybridized carbons (Fsp3) is 0.548. The van der Waals surface area contributed by atoms with E-state index in [-0.39, 0.29) is 89.1 Å². The molecule has 10 atom stereocenters. The normalized spacial score (nSPS) is 24.1. The van der Waals surface area contributed by atoms with Crippen LogP contribution in [-0.4, -0.2) is 153 Å². The van der Waals surface area contributed by atoms with E-state index < -0.39 is 131 Å². The highest BCUT2D eigenvalue weighted by atomic mass is 16.2. The smallest absolute Gasteiger partial charge is 0.243 e. The van der Waals surface area contributed by atoms with E-state index in [2.05, 4.69) is 73.1 Å². The third-order valence-electron chi connectivity index (χ3n) is 14.9. The van der Waals surface area contributed by atoms with E-state index in [0.29, 0.717) is 22.5 Å². The van der Waals surface area contributed by atoms with Gasteiger partial charge in [-0.3, -0.25) is 47.9 Å². The molecular formula is C62H92N16O10. The van der Waals surface area contributed by atoms with Gasteiger partial charge in [0, 0.05) is 49.5 Å². The lowest BCUT2D eigenvalue weighted by atomic mass is 9.98. The summed E-state index contributed by atoms with van der Waals surface area (Å²) in [7, 11) is 0. The second-order valence-corrected chi connectivity index (χ2v) is 24.0. The number of hydrogen-bond acceptors (Lipinski definition) is 14. The predicted molar refractivity (Wildman–Crippen MR) is 329 cm³/mol. The van der Waals surface area contributed by atoms with E-state index >= 15 is 0 Å². The summed E-state index contributed by atoms with van der Waals surface area (Å²) >= 11 is 0. The molecule has 4 aromatic rings. The molecule has 3 heterocycles. The van der Waals surface area contributed by atoms with Gasteiger partial charge >= 0.3 is 0 Å². The molecular weight excluding hydrogens is 1130 g/mol. The highest BCUT2D eigenvalue weighted by molar-refractivity contribution is 6.00. The number of carbonyl (C=O) groups is 10. The van der Waals surface area contributed by atoms with Crippen molar-refractivity contribution in [1.29, 1.82) is 0 Å². The van der Waals surface area contributed by atoms with Crippen LogP contribution in [0.2, 0.25) is 0 Å². The second kappa shape index (κ2) is 35.3. The van der Waals surface area contributed by atoms with E-state index in [4.69, 9.17) is 11.5 Å². The number of H-pyrrole nitrogens is 2. The van der Waals surface area contributed by atoms with Crippen molar-refractivity contribution in [3.05, 3.63) is 108 Å². The second-order valence-electron chi connectivity index (χ2n) is 24.0. The Kier molecular flexibility index (Phi) is 28.2. The van der Waals surface area contributed by atoms with Crippen LogP contribution in [0.1, 0.15) is 116 Å². The van der Waals surface area contributed by atoms with Crippen molar-refractivity contribution < 1.29 is 47.9 Å². The van der Waals surface area contributed by atoms with Crippen molar-refractivity contribution in [2.75, 3.05) is 13.1 Å². The number of hydrogen-bond donors (Lipinski definition) is 14. The summed E-state index contributed by atoms with van der Waals surface area (Å²) in [6.45, 7) is 14.3. The van der Waals surface area contributed by atoms with Gasteiger partial charge < -0.3 is 74.6 Å². The fourth-order valence-corrected chi connectivity index (χ4v) is 10.1. The van der Waals surface area contributed by atoms with Gasteiger partial charge in [0.05, 0.1) is 12.7 Å². The highest BCUT2D eigenvalue weighted by Gasteiger charge is 2.38. The first-order valence-electron chi connectivity index (χ1n) is 30.4. The van der Waals surface area contributed by atoms with E-state index in [1.807, 2.05) is 27.7 Å². The summed E-state index contributed by atoms with van der Waals surface area (Å²) < 4.78 is 0. The van der Waals surface area contributed by atoms with Gasteiger partial charge in [0.15, 0.2) is 0 Å². The average molecular weight is 1220 g/mol. The Balaban J connectivity index is 1.63. The van der Waals surface area contributed by atoms with Crippen molar-refractivity contribution in [3.8, 4) is 0 Å². The quantitative estimate of drug-likeness (QED) is 0.0560. The zero-order valence-corrected chi connectivity index (χ0v) is 51.8. The molecule has 26 nitrogen and oxygen atoms in total. The van der Waals surface area contributed by atoms with Crippen molar-refractivity contribution in [3.63, 3.8) is 0 Å². The molecule has 0 saturated carbocycles. The summed E-state index contributed by atoms with van der Waals surface area (Å²) in [6, 6.07) is 4.39. The number of nitrogens with one attached hydrogen (secondary N) is 12. The summed E-state index contributed by atoms with van der Waals surface area (Å²) in [6.07, 6.45) is 5.97. The Morgan fingerprint density at radius 2 is 0.648 bits per heavy atom. The maximum absolute atomic E-state index is 14.8. The standard InChI is InChI=1S/C62H92N16O10/c1-35(2)25-45-55(81)73-47(27-39-17-11-9-12-18-39)57(83)75-49(29-41-31-65-33-67-41)59(85)78-52(38(7)8)62(88)70-44(22-16-24-64)54(80)72-46(26-36(3)4)56(82)74-48(28-40-19-13-10-14-20-40)58(84)76-50(30-42-32-66-34-68-42)60(86)77-51(37(5)6)61(87)69-43(21-15-23-63)53(79)71-45/h9-14,17-20,31-38,43-52H,15-16,21-30,63-64H2,1-8H3,(H,65,67)(H,66,68)(H,69,87)(H,70,88)(H,71,79)(H,72,80)(H,73,81)(H,74,82)(H,75,83)(H,76,84)(H,77,86)(H,78,85)/t43-,44-,45-,46-,47+,48+,49-,50-,51-,52-/m0/s1. The summed E-state index contributed by atoms with van der Waals surface area (Å²) in [5, 5.41) is 28.0. The SMILES string of the molecule is CC(C)C[C@@H]1NC(=O)[C@H](CCCN)NC(=O)[C@H](C(C)C)NC(=O)[C@H](Cc2cnc[nH]2)NC(=O)[C@@H](Cc2ccccc2)NC(=O)[C@H](CC(C)C)NC(=O)[C@H](CCCN)NC(=O)[C@H](C(C)C)NC(=O)[C@H](Cc2cnc[nH]2)NC(=O)[C@@H](Cc2ccccc2)NC1=O. The van der Waals surface area contributed by atoms with Crippen molar-refractivity contribution >= 4 is 59.1 Å². The van der Waals surface area contributed by atoms with Crippen LogP contribution >= 0.6 is 0 Å². The van der Waals surface area contributed by atoms with Crippen LogP contribution in [-0.2, 0) is 73.6 Å². The lowest BCUT2D eigenvalue weighted by molar-refractivity contribution is -0.137. The zero-order valence-electron chi connectivity index (χ0n) is 51.8. The molecule has 0 bridgehead atoms. The number of rotatable bonds is 20. The fourth-order valence-electron chi connectivity index (χ4n) is 10.1. The van der Waals surface area contributed by atoms with Crippen LogP contribution in [0.5, 0.6) is 0 Å². The van der Waals surface area contributed by atoms with Gasteiger partial charge in [0.2, 0.25) is 59.1 Å². The van der Waals surface area contributed by atoms with Crippen LogP contribution in [0.25, 0.3) is 0 Å². The number of imidazole rings is 2. The maximum Gasteiger partial charge on any atom is 0.243 e. The van der Waals surface area contributed by atoms with E-state index in [1.165, 1.54) is 25.0 Å². The molecule has 1 saturated heterocycles. The largest absolute Gasteiger partial charge is 0.348 e. The number of nitrogens with two attached hydrogens (primary N) is 2. The van der Waals surface area contributed by atoms with Crippen LogP contribution < -0.4 is 64.6 Å². The Bertz CT molecular complexity index is 2700. The molecule has 2 aromatic heterocycles. The van der Waals surface area contributed by atoms with Crippen LogP contribution in [0.15, 0.2) is 85.7 Å². The van der Waals surface area contributed by atoms with E-state index in [9.17, 15) is 47.9 Å². The predicted octanol–water partition coefficient (Wildman–Crippen LogP) is 0.147. The van der Waals surface area contributed by atoms with Crippen molar-refractivity contribution in [2.45, 2.75) is 180 Å². The van der Waals surface area contributed by atoms with E-state index in [1.54, 1.807) is 88.4 Å². The van der Waals surface area contributed by atoms with Gasteiger partial charge in [-0.15, -0.1) is 0 Å². The number of benzene rings is 2. The number of aromatic nitrogens is 4. The molecule has 0 radical (unpaired) electrons. The highest BCUT2D eigenvalue weighted by Crippen LogP contribution is 2.15. The third kappa shape index (κ3) is 22.6. The monoisotopic (exact) mass is 1220 g/mol. The molecule has 1 aliphatic heterocycles. The van der Waals surface area contributed by atoms with Crippen LogP contribution in [0.4, 0.5) is 0 Å². The molecule has 0 unspecified atom stereocenters. The van der Waals surface area contributed by atoms with Gasteiger partial charge in [-0.05, 0) is 86.4 Å². The van der Waals surface area contributed by atoms with Crippen LogP contribution in [0.3, 0.4) is 0 Å². The summed E-state index contributed by atoms with van der Waals surface area (Å²) in [5.41, 5.74) is 14.0. The Morgan fingerprint density at radius 3 is 0.943 bits per heavy atom. The van der Waals surface area contributed by atoms with Gasteiger partial charge in [-0.2, -0.15) is 0 Å². The molecule has 5 rings (SSSR count). The number of amides is 10. The minimum Gasteiger partial charge on any atom is -0.348 e. The van der Waals surface area contributed by atoms with E-state index in [0.717, 1.165) is 0 Å². The number of nitrogens with zero attached hydrogens (tertiary/aromatic N) is 2. The lowest BCUT2D eigenvalue weighted by Gasteiger charge is -2.30. The van der Waals surface area contributed by atoms with Gasteiger partial charge in [-0.25, -0.2) is 9.97 Å². The molecule has 88 heavy (non-hydrogen) atoms.